The Morgan fingerprint density at radius 3 is 2.67 bits per heavy atom. The van der Waals surface area contributed by atoms with Crippen LogP contribution in [0.25, 0.3) is 0 Å². The van der Waals surface area contributed by atoms with Crippen LogP contribution in [-0.2, 0) is 0 Å². The number of likely N-dealkylation sites (tertiary alicyclic amines) is 2. The number of nitrogens with one attached hydrogen (secondary N) is 1. The van der Waals surface area contributed by atoms with Gasteiger partial charge in [-0.1, -0.05) is 6.58 Å². The molecule has 0 aromatic carbocycles. The Balaban J connectivity index is 1.68. The SMILES string of the molecule is C=C(N1CCCC1)N1CC[C@@H](Nc2nc(C)nc(C)c2N=CC)C1. The third kappa shape index (κ3) is 3.52. The smallest absolute Gasteiger partial charge is 0.156 e. The fraction of sp³-hybridized carbons (Fsp3) is 0.611. The van der Waals surface area contributed by atoms with Crippen molar-refractivity contribution >= 4 is 17.7 Å². The molecule has 0 spiro atoms. The van der Waals surface area contributed by atoms with Crippen LogP contribution in [0.2, 0.25) is 0 Å². The van der Waals surface area contributed by atoms with E-state index >= 15 is 0 Å². The zero-order chi connectivity index (χ0) is 17.1. The van der Waals surface area contributed by atoms with Crippen LogP contribution in [0.3, 0.4) is 0 Å². The molecule has 6 heteroatoms. The molecule has 0 aliphatic carbocycles. The first kappa shape index (κ1) is 16.7. The molecule has 0 unspecified atom stereocenters. The van der Waals surface area contributed by atoms with Gasteiger partial charge in [0.2, 0.25) is 0 Å². The highest BCUT2D eigenvalue weighted by Gasteiger charge is 2.27. The second kappa shape index (κ2) is 7.20. The average Bonchev–Trinajstić information content (AvgIpc) is 3.21. The summed E-state index contributed by atoms with van der Waals surface area (Å²) in [5.74, 6) is 2.80. The highest BCUT2D eigenvalue weighted by Crippen LogP contribution is 2.29. The molecule has 0 amide bonds. The summed E-state index contributed by atoms with van der Waals surface area (Å²) >= 11 is 0. The molecule has 24 heavy (non-hydrogen) atoms. The highest BCUT2D eigenvalue weighted by atomic mass is 15.4. The molecule has 2 saturated heterocycles. The fourth-order valence-corrected chi connectivity index (χ4v) is 3.57. The van der Waals surface area contributed by atoms with Gasteiger partial charge in [0.15, 0.2) is 5.82 Å². The Morgan fingerprint density at radius 1 is 1.21 bits per heavy atom. The predicted octanol–water partition coefficient (Wildman–Crippen LogP) is 2.87. The lowest BCUT2D eigenvalue weighted by molar-refractivity contribution is 0.271. The van der Waals surface area contributed by atoms with Crippen LogP contribution >= 0.6 is 0 Å². The zero-order valence-electron chi connectivity index (χ0n) is 15.0. The van der Waals surface area contributed by atoms with Gasteiger partial charge in [0.05, 0.1) is 11.5 Å². The van der Waals surface area contributed by atoms with Crippen LogP contribution in [0.1, 0.15) is 37.7 Å². The van der Waals surface area contributed by atoms with Crippen molar-refractivity contribution in [3.05, 3.63) is 23.9 Å². The van der Waals surface area contributed by atoms with Gasteiger partial charge in [-0.2, -0.15) is 0 Å². The molecule has 1 atom stereocenters. The Bertz CT molecular complexity index is 633. The summed E-state index contributed by atoms with van der Waals surface area (Å²) in [6.07, 6.45) is 5.45. The van der Waals surface area contributed by atoms with Crippen LogP contribution in [-0.4, -0.2) is 58.2 Å². The standard InChI is InChI=1S/C18H28N6/c1-5-19-17-13(2)20-14(3)21-18(17)22-16-8-11-24(12-16)15(4)23-9-6-7-10-23/h5,16H,4,6-12H2,1-3H3,(H,20,21,22)/t16-/m1/s1. The van der Waals surface area contributed by atoms with Crippen molar-refractivity contribution in [3.8, 4) is 0 Å². The van der Waals surface area contributed by atoms with Crippen LogP contribution in [0.5, 0.6) is 0 Å². The first-order chi connectivity index (χ1) is 11.6. The van der Waals surface area contributed by atoms with Crippen LogP contribution in [0.4, 0.5) is 11.5 Å². The molecule has 0 bridgehead atoms. The quantitative estimate of drug-likeness (QED) is 0.842. The summed E-state index contributed by atoms with van der Waals surface area (Å²) in [6.45, 7) is 14.4. The zero-order valence-corrected chi connectivity index (χ0v) is 15.0. The van der Waals surface area contributed by atoms with Crippen molar-refractivity contribution in [1.82, 2.24) is 19.8 Å². The topological polar surface area (TPSA) is 56.6 Å². The van der Waals surface area contributed by atoms with Gasteiger partial charge in [0.25, 0.3) is 0 Å². The first-order valence-corrected chi connectivity index (χ1v) is 8.87. The van der Waals surface area contributed by atoms with E-state index in [-0.39, 0.29) is 0 Å². The Kier molecular flexibility index (Phi) is 5.02. The van der Waals surface area contributed by atoms with Gasteiger partial charge in [-0.25, -0.2) is 9.97 Å². The first-order valence-electron chi connectivity index (χ1n) is 8.87. The highest BCUT2D eigenvalue weighted by molar-refractivity contribution is 5.70. The van der Waals surface area contributed by atoms with Gasteiger partial charge in [0, 0.05) is 38.4 Å². The van der Waals surface area contributed by atoms with E-state index < -0.39 is 0 Å². The number of aliphatic imine (C=N–C) groups is 1. The largest absolute Gasteiger partial charge is 0.364 e. The number of aryl methyl sites for hydroxylation is 2. The fourth-order valence-electron chi connectivity index (χ4n) is 3.57. The Morgan fingerprint density at radius 2 is 1.96 bits per heavy atom. The van der Waals surface area contributed by atoms with Crippen molar-refractivity contribution < 1.29 is 0 Å². The summed E-state index contributed by atoms with van der Waals surface area (Å²) in [4.78, 5) is 18.3. The van der Waals surface area contributed by atoms with E-state index in [0.29, 0.717) is 6.04 Å². The predicted molar refractivity (Wildman–Crippen MR) is 98.9 cm³/mol. The van der Waals surface area contributed by atoms with E-state index in [1.807, 2.05) is 20.8 Å². The van der Waals surface area contributed by atoms with Crippen LogP contribution < -0.4 is 5.32 Å². The van der Waals surface area contributed by atoms with Gasteiger partial charge < -0.3 is 15.1 Å². The van der Waals surface area contributed by atoms with Gasteiger partial charge in [-0.3, -0.25) is 4.99 Å². The minimum Gasteiger partial charge on any atom is -0.364 e. The number of rotatable bonds is 5. The summed E-state index contributed by atoms with van der Waals surface area (Å²) in [5, 5.41) is 3.59. The number of anilines is 1. The van der Waals surface area contributed by atoms with Crippen molar-refractivity contribution in [1.29, 1.82) is 0 Å². The maximum Gasteiger partial charge on any atom is 0.156 e. The third-order valence-corrected chi connectivity index (χ3v) is 4.79. The number of hydrogen-bond acceptors (Lipinski definition) is 6. The summed E-state index contributed by atoms with van der Waals surface area (Å²) in [5.41, 5.74) is 1.76. The molecule has 2 aliphatic heterocycles. The van der Waals surface area contributed by atoms with E-state index in [4.69, 9.17) is 0 Å². The lowest BCUT2D eigenvalue weighted by atomic mass is 10.2. The second-order valence-electron chi connectivity index (χ2n) is 6.63. The maximum atomic E-state index is 4.58. The van der Waals surface area contributed by atoms with Crippen molar-refractivity contribution in [2.75, 3.05) is 31.5 Å². The summed E-state index contributed by atoms with van der Waals surface area (Å²) < 4.78 is 0. The molecular weight excluding hydrogens is 300 g/mol. The second-order valence-corrected chi connectivity index (χ2v) is 6.63. The number of hydrogen-bond donors (Lipinski definition) is 1. The monoisotopic (exact) mass is 328 g/mol. The minimum absolute atomic E-state index is 0.365. The molecule has 2 aliphatic rings. The number of nitrogens with zero attached hydrogens (tertiary/aromatic N) is 5. The van der Waals surface area contributed by atoms with Crippen LogP contribution in [0.15, 0.2) is 17.4 Å². The van der Waals surface area contributed by atoms with Crippen molar-refractivity contribution in [2.45, 2.75) is 46.1 Å². The van der Waals surface area contributed by atoms with Gasteiger partial charge >= 0.3 is 0 Å². The lowest BCUT2D eigenvalue weighted by Crippen LogP contribution is -2.33. The van der Waals surface area contributed by atoms with Gasteiger partial charge in [-0.15, -0.1) is 0 Å². The van der Waals surface area contributed by atoms with E-state index in [2.05, 4.69) is 36.7 Å². The normalized spacial score (nSPS) is 21.0. The van der Waals surface area contributed by atoms with Crippen LogP contribution in [0, 0.1) is 13.8 Å². The molecule has 0 saturated carbocycles. The Labute approximate surface area is 144 Å². The van der Waals surface area contributed by atoms with Crippen molar-refractivity contribution in [3.63, 3.8) is 0 Å². The molecule has 3 heterocycles. The third-order valence-electron chi connectivity index (χ3n) is 4.79. The summed E-state index contributed by atoms with van der Waals surface area (Å²) in [6, 6.07) is 0.365. The van der Waals surface area contributed by atoms with Gasteiger partial charge in [-0.05, 0) is 40.0 Å². The lowest BCUT2D eigenvalue weighted by Gasteiger charge is -2.29. The molecule has 1 N–H and O–H groups in total. The molecule has 3 rings (SSSR count). The van der Waals surface area contributed by atoms with E-state index in [9.17, 15) is 0 Å². The molecule has 2 fully saturated rings. The molecular formula is C18H28N6. The number of aromatic nitrogens is 2. The summed E-state index contributed by atoms with van der Waals surface area (Å²) in [7, 11) is 0. The minimum atomic E-state index is 0.365. The van der Waals surface area contributed by atoms with Crippen molar-refractivity contribution in [2.24, 2.45) is 4.99 Å². The Hall–Kier alpha value is -2.11. The van der Waals surface area contributed by atoms with E-state index in [0.717, 1.165) is 55.6 Å². The average molecular weight is 328 g/mol. The van der Waals surface area contributed by atoms with E-state index in [1.165, 1.54) is 18.7 Å². The maximum absolute atomic E-state index is 4.58. The van der Waals surface area contributed by atoms with E-state index in [1.54, 1.807) is 6.21 Å². The molecule has 1 aromatic heterocycles. The molecule has 130 valence electrons. The van der Waals surface area contributed by atoms with Gasteiger partial charge in [0.1, 0.15) is 11.5 Å². The molecule has 1 aromatic rings. The molecule has 0 radical (unpaired) electrons. The molecule has 6 nitrogen and oxygen atoms in total.